The van der Waals surface area contributed by atoms with Gasteiger partial charge in [-0.25, -0.2) is 0 Å². The van der Waals surface area contributed by atoms with Gasteiger partial charge in [-0.2, -0.15) is 0 Å². The van der Waals surface area contributed by atoms with Crippen molar-refractivity contribution in [3.05, 3.63) is 0 Å². The van der Waals surface area contributed by atoms with Gasteiger partial charge in [0, 0.05) is 34.1 Å². The summed E-state index contributed by atoms with van der Waals surface area (Å²) < 4.78 is 0. The molecule has 0 rings (SSSR count). The topological polar surface area (TPSA) is 35.0 Å². The molecule has 0 aliphatic carbocycles. The van der Waals surface area contributed by atoms with Crippen LogP contribution in [0.5, 0.6) is 0 Å². The minimum Gasteiger partial charge on any atom is -0.344 e. The molecule has 0 aromatic heterocycles. The molecule has 0 atom stereocenters. The van der Waals surface area contributed by atoms with E-state index in [1.165, 1.54) is 0 Å². The van der Waals surface area contributed by atoms with E-state index in [-0.39, 0.29) is 51.3 Å². The molecule has 0 spiro atoms. The molecule has 0 heterocycles. The van der Waals surface area contributed by atoms with Crippen LogP contribution >= 0.6 is 0 Å². The van der Waals surface area contributed by atoms with Crippen LogP contribution in [-0.2, 0) is 34.1 Å². The predicted octanol–water partition coefficient (Wildman–Crippen LogP) is -1.29. The summed E-state index contributed by atoms with van der Waals surface area (Å²) >= 11 is 0. The molecule has 0 fully saturated rings. The Hall–Kier alpha value is 1.22. The van der Waals surface area contributed by atoms with Gasteiger partial charge in [0.05, 0.1) is 0 Å². The molecule has 4 heteroatoms. The predicted molar refractivity (Wildman–Crippen MR) is 16.4 cm³/mol. The average Bonchev–Trinajstić information content (AvgIpc) is 0. The summed E-state index contributed by atoms with van der Waals surface area (Å²) in [5.41, 5.74) is 0. The van der Waals surface area contributed by atoms with Gasteiger partial charge in [-0.05, 0) is 11.0 Å². The van der Waals surface area contributed by atoms with Crippen LogP contribution in [0.15, 0.2) is 0 Å². The van der Waals surface area contributed by atoms with E-state index in [1.807, 2.05) is 0 Å². The van der Waals surface area contributed by atoms with Crippen molar-refractivity contribution >= 4 is 11.0 Å². The minimum absolute atomic E-state index is 0. The molecule has 1 nitrogen and oxygen atoms in total. The summed E-state index contributed by atoms with van der Waals surface area (Å²) in [5, 5.41) is 0. The smallest absolute Gasteiger partial charge is 0 e. The maximum atomic E-state index is 0. The van der Waals surface area contributed by atoms with Crippen molar-refractivity contribution in [2.45, 2.75) is 0 Å². The molecule has 0 aromatic carbocycles. The van der Waals surface area contributed by atoms with Gasteiger partial charge in [0.1, 0.15) is 0 Å². The third-order valence-electron chi connectivity index (χ3n) is 0. The molecular formula is H7Cu2NSi. The van der Waals surface area contributed by atoms with E-state index < -0.39 is 0 Å². The van der Waals surface area contributed by atoms with Gasteiger partial charge in [0.2, 0.25) is 0 Å². The van der Waals surface area contributed by atoms with E-state index in [4.69, 9.17) is 0 Å². The molecule has 0 bridgehead atoms. The number of rotatable bonds is 0. The van der Waals surface area contributed by atoms with E-state index in [0.29, 0.717) is 0 Å². The van der Waals surface area contributed by atoms with Crippen molar-refractivity contribution in [3.8, 4) is 0 Å². The van der Waals surface area contributed by atoms with Crippen molar-refractivity contribution in [2.24, 2.45) is 0 Å². The van der Waals surface area contributed by atoms with Gasteiger partial charge >= 0.3 is 0 Å². The zero-order valence-electron chi connectivity index (χ0n) is 1.31. The largest absolute Gasteiger partial charge is 0.344 e. The fraction of sp³-hybridized carbons (Fsp3) is 0. The van der Waals surface area contributed by atoms with Crippen LogP contribution in [0.4, 0.5) is 0 Å². The monoisotopic (exact) mass is 175 g/mol. The maximum absolute atomic E-state index is 0. The Morgan fingerprint density at radius 3 is 0.750 bits per heavy atom. The second-order valence-corrected chi connectivity index (χ2v) is 0. The summed E-state index contributed by atoms with van der Waals surface area (Å²) in [5.74, 6) is 0. The molecule has 0 saturated carbocycles. The van der Waals surface area contributed by atoms with Gasteiger partial charge in [0.15, 0.2) is 0 Å². The molecule has 0 aliphatic rings. The zero-order chi connectivity index (χ0) is 0. The van der Waals surface area contributed by atoms with Crippen LogP contribution in [0, 0.1) is 0 Å². The molecule has 0 aromatic rings. The molecule has 0 aliphatic heterocycles. The van der Waals surface area contributed by atoms with Gasteiger partial charge in [-0.15, -0.1) is 0 Å². The van der Waals surface area contributed by atoms with E-state index in [1.54, 1.807) is 0 Å². The number of hydrogen-bond acceptors (Lipinski definition) is 1. The molecule has 4 heavy (non-hydrogen) atoms. The second-order valence-electron chi connectivity index (χ2n) is 0. The normalized spacial score (nSPS) is 0. The first-order chi connectivity index (χ1) is 0. The van der Waals surface area contributed by atoms with Crippen molar-refractivity contribution in [1.29, 1.82) is 0 Å². The SMILES string of the molecule is N.[Cu].[Cu].[SiH4]. The summed E-state index contributed by atoms with van der Waals surface area (Å²) in [6, 6.07) is 0. The van der Waals surface area contributed by atoms with Crippen LogP contribution in [0.1, 0.15) is 0 Å². The first-order valence-corrected chi connectivity index (χ1v) is 0. The first kappa shape index (κ1) is 62.7. The molecule has 2 radical (unpaired) electrons. The van der Waals surface area contributed by atoms with Crippen LogP contribution < -0.4 is 6.15 Å². The van der Waals surface area contributed by atoms with Gasteiger partial charge in [0.25, 0.3) is 0 Å². The van der Waals surface area contributed by atoms with Crippen molar-refractivity contribution in [3.63, 3.8) is 0 Å². The third kappa shape index (κ3) is 10.7. The van der Waals surface area contributed by atoms with Crippen LogP contribution in [0.3, 0.4) is 0 Å². The summed E-state index contributed by atoms with van der Waals surface area (Å²) in [7, 11) is 0. The molecule has 0 amide bonds. The Balaban J connectivity index is 0. The molecular weight excluding hydrogens is 169 g/mol. The van der Waals surface area contributed by atoms with Gasteiger partial charge < -0.3 is 6.15 Å². The van der Waals surface area contributed by atoms with Gasteiger partial charge in [-0.1, -0.05) is 0 Å². The second kappa shape index (κ2) is 29.5. The Morgan fingerprint density at radius 1 is 0.750 bits per heavy atom. The minimum atomic E-state index is 0. The molecule has 0 unspecified atom stereocenters. The van der Waals surface area contributed by atoms with E-state index in [2.05, 4.69) is 0 Å². The Bertz CT molecular complexity index is 6.00. The van der Waals surface area contributed by atoms with Crippen molar-refractivity contribution < 1.29 is 34.1 Å². The fourth-order valence-corrected chi connectivity index (χ4v) is 0. The van der Waals surface area contributed by atoms with E-state index in [0.717, 1.165) is 0 Å². The average molecular weight is 176 g/mol. The fourth-order valence-electron chi connectivity index (χ4n) is 0. The summed E-state index contributed by atoms with van der Waals surface area (Å²) in [6.45, 7) is 0. The molecule has 0 saturated heterocycles. The van der Waals surface area contributed by atoms with Gasteiger partial charge in [-0.3, -0.25) is 0 Å². The standard InChI is InChI=1S/2Cu.H3N.H4Si/h;;1H3;1H4. The quantitative estimate of drug-likeness (QED) is 0.458. The van der Waals surface area contributed by atoms with Crippen molar-refractivity contribution in [2.75, 3.05) is 0 Å². The number of hydrogen-bond donors (Lipinski definition) is 1. The summed E-state index contributed by atoms with van der Waals surface area (Å²) in [6.07, 6.45) is 0. The van der Waals surface area contributed by atoms with E-state index >= 15 is 0 Å². The van der Waals surface area contributed by atoms with Crippen LogP contribution in [-0.4, -0.2) is 11.0 Å². The first-order valence-electron chi connectivity index (χ1n) is 0. The summed E-state index contributed by atoms with van der Waals surface area (Å²) in [4.78, 5) is 0. The Kier molecular flexibility index (Phi) is 462. The molecule has 38 valence electrons. The van der Waals surface area contributed by atoms with Crippen molar-refractivity contribution in [1.82, 2.24) is 6.15 Å². The van der Waals surface area contributed by atoms with Crippen LogP contribution in [0.25, 0.3) is 0 Å². The van der Waals surface area contributed by atoms with E-state index in [9.17, 15) is 0 Å². The molecule has 3 N–H and O–H groups in total. The van der Waals surface area contributed by atoms with Crippen LogP contribution in [0.2, 0.25) is 0 Å². The Morgan fingerprint density at radius 2 is 0.750 bits per heavy atom. The zero-order valence-corrected chi connectivity index (χ0v) is 3.19. The third-order valence-corrected chi connectivity index (χ3v) is 0. The Labute approximate surface area is 51.5 Å². The maximum Gasteiger partial charge on any atom is 0 e.